The lowest BCUT2D eigenvalue weighted by Crippen LogP contribution is -2.31. The van der Waals surface area contributed by atoms with Crippen LogP contribution in [-0.2, 0) is 17.8 Å². The van der Waals surface area contributed by atoms with Crippen molar-refractivity contribution in [1.82, 2.24) is 4.90 Å². The number of nitrogens with zero attached hydrogens (tertiary/aromatic N) is 1. The van der Waals surface area contributed by atoms with Gasteiger partial charge in [0.15, 0.2) is 0 Å². The second-order valence-electron chi connectivity index (χ2n) is 7.07. The fourth-order valence-electron chi connectivity index (χ4n) is 4.28. The van der Waals surface area contributed by atoms with E-state index in [0.29, 0.717) is 6.54 Å². The first-order chi connectivity index (χ1) is 11.1. The lowest BCUT2D eigenvalue weighted by Gasteiger charge is -2.35. The molecule has 2 aromatic rings. The standard InChI is InChI=1S/C20H20ClNO/c1-20-11-10-15-16(8-5-9-17(15)21)18(20)19(23)22(13-20)12-14-6-3-2-4-7-14/h2-9,18H,10-13H2,1H3/t18-,20+/m1/s1. The van der Waals surface area contributed by atoms with E-state index in [1.165, 1.54) is 11.1 Å². The van der Waals surface area contributed by atoms with Gasteiger partial charge in [0.1, 0.15) is 0 Å². The third-order valence-corrected chi connectivity index (χ3v) is 5.79. The summed E-state index contributed by atoms with van der Waals surface area (Å²) in [4.78, 5) is 15.1. The quantitative estimate of drug-likeness (QED) is 0.800. The van der Waals surface area contributed by atoms with Crippen LogP contribution in [0.3, 0.4) is 0 Å². The van der Waals surface area contributed by atoms with Crippen molar-refractivity contribution in [2.45, 2.75) is 32.2 Å². The van der Waals surface area contributed by atoms with Crippen molar-refractivity contribution in [3.63, 3.8) is 0 Å². The molecule has 1 heterocycles. The summed E-state index contributed by atoms with van der Waals surface area (Å²) in [5.74, 6) is 0.202. The van der Waals surface area contributed by atoms with Gasteiger partial charge in [-0.25, -0.2) is 0 Å². The summed E-state index contributed by atoms with van der Waals surface area (Å²) in [7, 11) is 0. The zero-order valence-electron chi connectivity index (χ0n) is 13.3. The molecular formula is C20H20ClNO. The third-order valence-electron chi connectivity index (χ3n) is 5.44. The number of likely N-dealkylation sites (tertiary alicyclic amines) is 1. The number of benzene rings is 2. The maximum absolute atomic E-state index is 13.1. The predicted molar refractivity (Wildman–Crippen MR) is 92.5 cm³/mol. The first-order valence-corrected chi connectivity index (χ1v) is 8.56. The van der Waals surface area contributed by atoms with Gasteiger partial charge in [-0.3, -0.25) is 4.79 Å². The molecule has 1 aliphatic heterocycles. The molecule has 2 aromatic carbocycles. The van der Waals surface area contributed by atoms with E-state index in [0.717, 1.165) is 30.0 Å². The maximum atomic E-state index is 13.1. The Morgan fingerprint density at radius 2 is 1.96 bits per heavy atom. The van der Waals surface area contributed by atoms with E-state index < -0.39 is 0 Å². The average Bonchev–Trinajstić information content (AvgIpc) is 2.80. The highest BCUT2D eigenvalue weighted by Crippen LogP contribution is 2.52. The molecule has 2 atom stereocenters. The molecule has 4 rings (SSSR count). The summed E-state index contributed by atoms with van der Waals surface area (Å²) >= 11 is 6.37. The summed E-state index contributed by atoms with van der Waals surface area (Å²) in [6, 6.07) is 16.2. The van der Waals surface area contributed by atoms with Gasteiger partial charge in [-0.15, -0.1) is 0 Å². The van der Waals surface area contributed by atoms with E-state index in [-0.39, 0.29) is 17.2 Å². The Morgan fingerprint density at radius 1 is 1.17 bits per heavy atom. The normalized spacial score (nSPS) is 26.1. The molecule has 0 spiro atoms. The third kappa shape index (κ3) is 2.36. The molecule has 0 unspecified atom stereocenters. The first kappa shape index (κ1) is 14.8. The lowest BCUT2D eigenvalue weighted by molar-refractivity contribution is -0.129. The number of carbonyl (C=O) groups is 1. The number of halogens is 1. The van der Waals surface area contributed by atoms with Crippen molar-refractivity contribution in [2.24, 2.45) is 5.41 Å². The van der Waals surface area contributed by atoms with Gasteiger partial charge in [-0.05, 0) is 35.6 Å². The molecule has 3 heteroatoms. The molecule has 1 aliphatic carbocycles. The second-order valence-corrected chi connectivity index (χ2v) is 7.48. The zero-order valence-corrected chi connectivity index (χ0v) is 14.0. The van der Waals surface area contributed by atoms with Gasteiger partial charge in [0.2, 0.25) is 5.91 Å². The Balaban J connectivity index is 1.69. The van der Waals surface area contributed by atoms with Gasteiger partial charge < -0.3 is 4.90 Å². The predicted octanol–water partition coefficient (Wildman–Crippen LogP) is 4.42. The van der Waals surface area contributed by atoms with Crippen LogP contribution in [0.15, 0.2) is 48.5 Å². The SMILES string of the molecule is C[C@@]12CCc3c(Cl)cccc3[C@@H]1C(=O)N(Cc1ccccc1)C2. The number of amides is 1. The number of hydrogen-bond donors (Lipinski definition) is 0. The van der Waals surface area contributed by atoms with Gasteiger partial charge >= 0.3 is 0 Å². The van der Waals surface area contributed by atoms with E-state index in [4.69, 9.17) is 11.6 Å². The summed E-state index contributed by atoms with van der Waals surface area (Å²) in [5.41, 5.74) is 3.52. The minimum Gasteiger partial charge on any atom is -0.337 e. The van der Waals surface area contributed by atoms with Crippen LogP contribution in [0.2, 0.25) is 5.02 Å². The Labute approximate surface area is 142 Å². The van der Waals surface area contributed by atoms with E-state index >= 15 is 0 Å². The number of fused-ring (bicyclic) bond motifs is 3. The van der Waals surface area contributed by atoms with Crippen LogP contribution in [0.1, 0.15) is 36.0 Å². The van der Waals surface area contributed by atoms with Crippen LogP contribution in [0.4, 0.5) is 0 Å². The van der Waals surface area contributed by atoms with Crippen molar-refractivity contribution in [1.29, 1.82) is 0 Å². The minimum absolute atomic E-state index is 0.0174. The van der Waals surface area contributed by atoms with E-state index in [1.807, 2.05) is 35.2 Å². The van der Waals surface area contributed by atoms with Gasteiger partial charge in [-0.1, -0.05) is 61.0 Å². The summed E-state index contributed by atoms with van der Waals surface area (Å²) in [5, 5.41) is 0.804. The van der Waals surface area contributed by atoms with Crippen LogP contribution >= 0.6 is 11.6 Å². The maximum Gasteiger partial charge on any atom is 0.231 e. The van der Waals surface area contributed by atoms with Gasteiger partial charge in [0.05, 0.1) is 5.92 Å². The topological polar surface area (TPSA) is 20.3 Å². The van der Waals surface area contributed by atoms with Crippen LogP contribution < -0.4 is 0 Å². The molecule has 2 nitrogen and oxygen atoms in total. The van der Waals surface area contributed by atoms with Crippen molar-refractivity contribution >= 4 is 17.5 Å². The Bertz CT molecular complexity index is 757. The van der Waals surface area contributed by atoms with E-state index in [9.17, 15) is 4.79 Å². The molecule has 0 radical (unpaired) electrons. The molecule has 23 heavy (non-hydrogen) atoms. The Morgan fingerprint density at radius 3 is 2.74 bits per heavy atom. The smallest absolute Gasteiger partial charge is 0.231 e. The Hall–Kier alpha value is -1.80. The highest BCUT2D eigenvalue weighted by atomic mass is 35.5. The fourth-order valence-corrected chi connectivity index (χ4v) is 4.55. The molecule has 118 valence electrons. The zero-order chi connectivity index (χ0) is 16.0. The van der Waals surface area contributed by atoms with E-state index in [1.54, 1.807) is 0 Å². The number of rotatable bonds is 2. The summed E-state index contributed by atoms with van der Waals surface area (Å²) in [6.07, 6.45) is 1.99. The van der Waals surface area contributed by atoms with Gasteiger partial charge in [-0.2, -0.15) is 0 Å². The molecule has 0 aromatic heterocycles. The van der Waals surface area contributed by atoms with Crippen molar-refractivity contribution in [2.75, 3.05) is 6.54 Å². The largest absolute Gasteiger partial charge is 0.337 e. The van der Waals surface area contributed by atoms with Crippen LogP contribution in [0, 0.1) is 5.41 Å². The van der Waals surface area contributed by atoms with E-state index in [2.05, 4.69) is 25.1 Å². The highest BCUT2D eigenvalue weighted by molar-refractivity contribution is 6.31. The molecule has 1 fully saturated rings. The summed E-state index contributed by atoms with van der Waals surface area (Å²) < 4.78 is 0. The van der Waals surface area contributed by atoms with Crippen LogP contribution in [0.5, 0.6) is 0 Å². The average molecular weight is 326 g/mol. The molecule has 1 saturated heterocycles. The van der Waals surface area contributed by atoms with Gasteiger partial charge in [0.25, 0.3) is 0 Å². The number of hydrogen-bond acceptors (Lipinski definition) is 1. The summed E-state index contributed by atoms with van der Waals surface area (Å²) in [6.45, 7) is 3.78. The lowest BCUT2D eigenvalue weighted by atomic mass is 9.67. The molecular weight excluding hydrogens is 306 g/mol. The molecule has 2 aliphatic rings. The Kier molecular flexibility index (Phi) is 3.46. The van der Waals surface area contributed by atoms with Crippen LogP contribution in [-0.4, -0.2) is 17.4 Å². The fraction of sp³-hybridized carbons (Fsp3) is 0.350. The molecule has 0 saturated carbocycles. The second kappa shape index (κ2) is 5.38. The molecule has 0 N–H and O–H groups in total. The monoisotopic (exact) mass is 325 g/mol. The minimum atomic E-state index is -0.0475. The molecule has 0 bridgehead atoms. The van der Waals surface area contributed by atoms with Crippen molar-refractivity contribution in [3.8, 4) is 0 Å². The molecule has 1 amide bonds. The number of carbonyl (C=O) groups excluding carboxylic acids is 1. The van der Waals surface area contributed by atoms with Crippen LogP contribution in [0.25, 0.3) is 0 Å². The van der Waals surface area contributed by atoms with Crippen molar-refractivity contribution in [3.05, 3.63) is 70.2 Å². The van der Waals surface area contributed by atoms with Gasteiger partial charge in [0, 0.05) is 23.5 Å². The first-order valence-electron chi connectivity index (χ1n) is 8.18. The highest BCUT2D eigenvalue weighted by Gasteiger charge is 2.52. The van der Waals surface area contributed by atoms with Crippen molar-refractivity contribution < 1.29 is 4.79 Å².